The quantitative estimate of drug-likeness (QED) is 0.684. The van der Waals surface area contributed by atoms with Crippen LogP contribution >= 0.6 is 0 Å². The van der Waals surface area contributed by atoms with Gasteiger partial charge in [-0.15, -0.1) is 0 Å². The van der Waals surface area contributed by atoms with Crippen molar-refractivity contribution in [3.05, 3.63) is 65.7 Å². The number of nitrogens with one attached hydrogen (secondary N) is 1. The van der Waals surface area contributed by atoms with E-state index in [-0.39, 0.29) is 18.1 Å². The second-order valence-corrected chi connectivity index (χ2v) is 8.45. The van der Waals surface area contributed by atoms with Crippen LogP contribution in [0.3, 0.4) is 0 Å². The molecule has 2 atom stereocenters. The number of carbonyl (C=O) groups is 2. The third-order valence-electron chi connectivity index (χ3n) is 4.67. The first-order chi connectivity index (χ1) is 14.3. The Morgan fingerprint density at radius 2 is 1.87 bits per heavy atom. The lowest BCUT2D eigenvalue weighted by molar-refractivity contribution is -0.142. The van der Waals surface area contributed by atoms with Crippen LogP contribution in [0.1, 0.15) is 44.7 Å². The third-order valence-corrected chi connectivity index (χ3v) is 4.67. The highest BCUT2D eigenvalue weighted by atomic mass is 16.6. The van der Waals surface area contributed by atoms with E-state index in [2.05, 4.69) is 5.32 Å². The molecule has 2 aromatic rings. The van der Waals surface area contributed by atoms with Gasteiger partial charge in [-0.2, -0.15) is 0 Å². The summed E-state index contributed by atoms with van der Waals surface area (Å²) in [5.41, 5.74) is 1.46. The van der Waals surface area contributed by atoms with Gasteiger partial charge in [-0.3, -0.25) is 4.79 Å². The van der Waals surface area contributed by atoms with Gasteiger partial charge < -0.3 is 19.5 Å². The van der Waals surface area contributed by atoms with Crippen LogP contribution in [0.2, 0.25) is 0 Å². The molecule has 160 valence electrons. The van der Waals surface area contributed by atoms with E-state index in [1.807, 2.05) is 75.4 Å². The molecule has 3 rings (SSSR count). The number of esters is 1. The van der Waals surface area contributed by atoms with Crippen LogP contribution in [0.25, 0.3) is 0 Å². The van der Waals surface area contributed by atoms with Gasteiger partial charge in [-0.1, -0.05) is 42.5 Å². The molecule has 1 fully saturated rings. The summed E-state index contributed by atoms with van der Waals surface area (Å²) in [6.45, 7) is 5.91. The molecule has 0 spiro atoms. The first-order valence-electron chi connectivity index (χ1n) is 10.2. The van der Waals surface area contributed by atoms with Crippen LogP contribution in [0.15, 0.2) is 54.6 Å². The third kappa shape index (κ3) is 6.79. The van der Waals surface area contributed by atoms with Crippen molar-refractivity contribution in [2.45, 2.75) is 64.4 Å². The van der Waals surface area contributed by atoms with Crippen LogP contribution in [0.5, 0.6) is 5.75 Å². The maximum Gasteiger partial charge on any atom is 0.408 e. The Balaban J connectivity index is 1.67. The molecule has 1 aliphatic heterocycles. The summed E-state index contributed by atoms with van der Waals surface area (Å²) in [5.74, 6) is 0.506. The Labute approximate surface area is 177 Å². The van der Waals surface area contributed by atoms with Crippen LogP contribution < -0.4 is 10.1 Å². The number of rotatable bonds is 7. The van der Waals surface area contributed by atoms with Gasteiger partial charge >= 0.3 is 12.1 Å². The Morgan fingerprint density at radius 3 is 2.53 bits per heavy atom. The predicted molar refractivity (Wildman–Crippen MR) is 113 cm³/mol. The van der Waals surface area contributed by atoms with Crippen molar-refractivity contribution in [3.63, 3.8) is 0 Å². The zero-order valence-electron chi connectivity index (χ0n) is 17.7. The van der Waals surface area contributed by atoms with E-state index >= 15 is 0 Å². The minimum absolute atomic E-state index is 0.240. The molecule has 1 saturated heterocycles. The molecule has 1 heterocycles. The second-order valence-electron chi connectivity index (χ2n) is 8.45. The summed E-state index contributed by atoms with van der Waals surface area (Å²) in [6, 6.07) is 17.3. The van der Waals surface area contributed by atoms with Gasteiger partial charge in [-0.25, -0.2) is 4.79 Å². The maximum absolute atomic E-state index is 12.3. The maximum atomic E-state index is 12.3. The monoisotopic (exact) mass is 411 g/mol. The lowest BCUT2D eigenvalue weighted by Gasteiger charge is -2.26. The summed E-state index contributed by atoms with van der Waals surface area (Å²) in [5, 5.41) is 2.88. The zero-order valence-corrected chi connectivity index (χ0v) is 17.7. The smallest absolute Gasteiger partial charge is 0.408 e. The van der Waals surface area contributed by atoms with Crippen molar-refractivity contribution in [2.75, 3.05) is 0 Å². The van der Waals surface area contributed by atoms with Crippen molar-refractivity contribution < 1.29 is 23.8 Å². The molecule has 6 heteroatoms. The van der Waals surface area contributed by atoms with Crippen molar-refractivity contribution in [2.24, 2.45) is 0 Å². The highest BCUT2D eigenvalue weighted by Gasteiger charge is 2.33. The van der Waals surface area contributed by atoms with E-state index in [0.29, 0.717) is 25.9 Å². The summed E-state index contributed by atoms with van der Waals surface area (Å²) in [6.07, 6.45) is 0.534. The Hall–Kier alpha value is -3.02. The number of hydrogen-bond donors (Lipinski definition) is 1. The van der Waals surface area contributed by atoms with E-state index in [1.165, 1.54) is 0 Å². The number of ether oxygens (including phenoxy) is 3. The standard InChI is InChI=1S/C24H29NO5/c1-24(2,3)30-23(27)25-20(21-12-13-22(26)29-21)15-18-10-7-11-19(14-18)28-16-17-8-5-4-6-9-17/h4-11,14,20-21H,12-13,15-16H2,1-3H3,(H,25,27)/t20-,21-/m0/s1. The van der Waals surface area contributed by atoms with E-state index in [9.17, 15) is 9.59 Å². The van der Waals surface area contributed by atoms with Gasteiger partial charge in [0.25, 0.3) is 0 Å². The van der Waals surface area contributed by atoms with E-state index in [1.54, 1.807) is 0 Å². The molecule has 0 bridgehead atoms. The Morgan fingerprint density at radius 1 is 1.13 bits per heavy atom. The van der Waals surface area contributed by atoms with Gasteiger partial charge in [0.05, 0.1) is 6.04 Å². The lowest BCUT2D eigenvalue weighted by atomic mass is 9.99. The molecule has 0 saturated carbocycles. The molecular formula is C24H29NO5. The normalized spacial score (nSPS) is 17.2. The van der Waals surface area contributed by atoms with Crippen molar-refractivity contribution in [1.82, 2.24) is 5.32 Å². The molecule has 2 aromatic carbocycles. The highest BCUT2D eigenvalue weighted by Crippen LogP contribution is 2.23. The van der Waals surface area contributed by atoms with Gasteiger partial charge in [0.1, 0.15) is 24.1 Å². The SMILES string of the molecule is CC(C)(C)OC(=O)N[C@@H](Cc1cccc(OCc2ccccc2)c1)[C@@H]1CCC(=O)O1. The van der Waals surface area contributed by atoms with Gasteiger partial charge in [0.2, 0.25) is 0 Å². The summed E-state index contributed by atoms with van der Waals surface area (Å²) >= 11 is 0. The first-order valence-corrected chi connectivity index (χ1v) is 10.2. The van der Waals surface area contributed by atoms with E-state index in [0.717, 1.165) is 16.9 Å². The molecule has 1 N–H and O–H groups in total. The topological polar surface area (TPSA) is 73.9 Å². The fraction of sp³-hybridized carbons (Fsp3) is 0.417. The lowest BCUT2D eigenvalue weighted by Crippen LogP contribution is -2.46. The number of hydrogen-bond acceptors (Lipinski definition) is 5. The van der Waals surface area contributed by atoms with E-state index in [4.69, 9.17) is 14.2 Å². The van der Waals surface area contributed by atoms with E-state index < -0.39 is 11.7 Å². The minimum atomic E-state index is -0.605. The molecule has 30 heavy (non-hydrogen) atoms. The first kappa shape index (κ1) is 21.7. The highest BCUT2D eigenvalue weighted by molar-refractivity contribution is 5.72. The number of amides is 1. The fourth-order valence-electron chi connectivity index (χ4n) is 3.32. The molecule has 1 aliphatic rings. The van der Waals surface area contributed by atoms with Gasteiger partial charge in [0.15, 0.2) is 0 Å². The number of benzene rings is 2. The Kier molecular flexibility index (Phi) is 6.98. The van der Waals surface area contributed by atoms with Crippen molar-refractivity contribution in [1.29, 1.82) is 0 Å². The largest absolute Gasteiger partial charge is 0.489 e. The molecule has 0 radical (unpaired) electrons. The van der Waals surface area contributed by atoms with Crippen molar-refractivity contribution in [3.8, 4) is 5.75 Å². The van der Waals surface area contributed by atoms with Crippen LogP contribution in [0, 0.1) is 0 Å². The number of alkyl carbamates (subject to hydrolysis) is 1. The average Bonchev–Trinajstić information content (AvgIpc) is 3.12. The van der Waals surface area contributed by atoms with Gasteiger partial charge in [-0.05, 0) is 56.9 Å². The molecule has 0 aromatic heterocycles. The second kappa shape index (κ2) is 9.65. The van der Waals surface area contributed by atoms with Gasteiger partial charge in [0, 0.05) is 6.42 Å². The fourth-order valence-corrected chi connectivity index (χ4v) is 3.32. The predicted octanol–water partition coefficient (Wildman–Crippen LogP) is 4.41. The number of cyclic esters (lactones) is 1. The summed E-state index contributed by atoms with van der Waals surface area (Å²) < 4.78 is 16.7. The molecular weight excluding hydrogens is 382 g/mol. The van der Waals surface area contributed by atoms with Crippen LogP contribution in [-0.4, -0.2) is 29.8 Å². The van der Waals surface area contributed by atoms with Crippen LogP contribution in [-0.2, 0) is 27.3 Å². The molecule has 6 nitrogen and oxygen atoms in total. The summed E-state index contributed by atoms with van der Waals surface area (Å²) in [4.78, 5) is 23.9. The Bertz CT molecular complexity index is 859. The summed E-state index contributed by atoms with van der Waals surface area (Å²) in [7, 11) is 0. The number of carbonyl (C=O) groups excluding carboxylic acids is 2. The molecule has 0 aliphatic carbocycles. The van der Waals surface area contributed by atoms with Crippen molar-refractivity contribution >= 4 is 12.1 Å². The average molecular weight is 411 g/mol. The minimum Gasteiger partial charge on any atom is -0.489 e. The zero-order chi connectivity index (χ0) is 21.6. The van der Waals surface area contributed by atoms with Crippen LogP contribution in [0.4, 0.5) is 4.79 Å². The molecule has 1 amide bonds. The molecule has 0 unspecified atom stereocenters.